The highest BCUT2D eigenvalue weighted by Gasteiger charge is 2.19. The second-order valence-electron chi connectivity index (χ2n) is 4.25. The minimum Gasteiger partial charge on any atom is -0.477 e. The second-order valence-corrected chi connectivity index (χ2v) is 5.27. The number of hydrogen-bond donors (Lipinski definition) is 1. The molecule has 94 valence electrons. The van der Waals surface area contributed by atoms with Crippen molar-refractivity contribution >= 4 is 33.2 Å². The number of benzene rings is 1. The van der Waals surface area contributed by atoms with Crippen LogP contribution in [0.2, 0.25) is 0 Å². The van der Waals surface area contributed by atoms with Crippen molar-refractivity contribution in [3.63, 3.8) is 0 Å². The summed E-state index contributed by atoms with van der Waals surface area (Å²) in [4.78, 5) is 23.1. The number of aromatic carboxylic acids is 1. The Kier molecular flexibility index (Phi) is 3.22. The molecule has 0 aliphatic heterocycles. The lowest BCUT2D eigenvalue weighted by Gasteiger charge is -2.04. The van der Waals surface area contributed by atoms with E-state index < -0.39 is 5.97 Å². The average Bonchev–Trinajstić information content (AvgIpc) is 2.66. The van der Waals surface area contributed by atoms with Crippen LogP contribution in [0.1, 0.15) is 45.0 Å². The highest BCUT2D eigenvalue weighted by Crippen LogP contribution is 2.36. The number of thiophene rings is 1. The van der Waals surface area contributed by atoms with E-state index in [1.807, 2.05) is 19.9 Å². The molecule has 0 amide bonds. The van der Waals surface area contributed by atoms with Crippen molar-refractivity contribution in [3.05, 3.63) is 33.7 Å². The highest BCUT2D eigenvalue weighted by atomic mass is 32.1. The van der Waals surface area contributed by atoms with Gasteiger partial charge in [-0.1, -0.05) is 13.0 Å². The zero-order valence-corrected chi connectivity index (χ0v) is 11.4. The minimum atomic E-state index is -0.926. The number of carbonyl (C=O) groups excluding carboxylic acids is 1. The van der Waals surface area contributed by atoms with Crippen molar-refractivity contribution in [3.8, 4) is 0 Å². The van der Waals surface area contributed by atoms with E-state index in [-0.39, 0.29) is 5.78 Å². The van der Waals surface area contributed by atoms with Crippen molar-refractivity contribution < 1.29 is 14.7 Å². The van der Waals surface area contributed by atoms with E-state index in [4.69, 9.17) is 0 Å². The molecular formula is C14H14O3S. The predicted molar refractivity (Wildman–Crippen MR) is 72.9 cm³/mol. The van der Waals surface area contributed by atoms with E-state index in [0.717, 1.165) is 27.6 Å². The van der Waals surface area contributed by atoms with Crippen LogP contribution in [0.4, 0.5) is 0 Å². The number of rotatable bonds is 3. The summed E-state index contributed by atoms with van der Waals surface area (Å²) in [5.74, 6) is -0.953. The van der Waals surface area contributed by atoms with Crippen LogP contribution in [0.15, 0.2) is 12.1 Å². The quantitative estimate of drug-likeness (QED) is 0.858. The third-order valence-corrected chi connectivity index (χ3v) is 4.43. The van der Waals surface area contributed by atoms with Crippen molar-refractivity contribution in [1.82, 2.24) is 0 Å². The van der Waals surface area contributed by atoms with E-state index in [1.165, 1.54) is 18.3 Å². The van der Waals surface area contributed by atoms with Gasteiger partial charge in [0.2, 0.25) is 0 Å². The number of Topliss-reactive ketones (excluding diaryl/α,β-unsaturated/α-hetero) is 1. The first-order valence-electron chi connectivity index (χ1n) is 5.76. The second kappa shape index (κ2) is 4.53. The lowest BCUT2D eigenvalue weighted by Crippen LogP contribution is -1.95. The summed E-state index contributed by atoms with van der Waals surface area (Å²) in [6.07, 6.45) is 0.825. The molecule has 0 atom stereocenters. The molecule has 1 aromatic heterocycles. The van der Waals surface area contributed by atoms with Crippen molar-refractivity contribution in [2.75, 3.05) is 0 Å². The fraction of sp³-hybridized carbons (Fsp3) is 0.286. The first kappa shape index (κ1) is 12.8. The molecule has 0 bridgehead atoms. The number of carboxylic acid groups (broad SMARTS) is 1. The first-order valence-corrected chi connectivity index (χ1v) is 6.58. The topological polar surface area (TPSA) is 54.4 Å². The molecule has 0 radical (unpaired) electrons. The van der Waals surface area contributed by atoms with Crippen LogP contribution in [0.3, 0.4) is 0 Å². The number of carboxylic acids is 1. The number of aryl methyl sites for hydroxylation is 2. The van der Waals surface area contributed by atoms with Gasteiger partial charge in [-0.3, -0.25) is 4.79 Å². The zero-order valence-electron chi connectivity index (χ0n) is 10.5. The van der Waals surface area contributed by atoms with Gasteiger partial charge in [0.05, 0.1) is 0 Å². The summed E-state index contributed by atoms with van der Waals surface area (Å²) >= 11 is 1.20. The van der Waals surface area contributed by atoms with Crippen LogP contribution in [0.25, 0.3) is 10.1 Å². The molecule has 4 heteroatoms. The molecule has 18 heavy (non-hydrogen) atoms. The smallest absolute Gasteiger partial charge is 0.346 e. The van der Waals surface area contributed by atoms with E-state index in [0.29, 0.717) is 10.4 Å². The monoisotopic (exact) mass is 262 g/mol. The van der Waals surface area contributed by atoms with Crippen LogP contribution < -0.4 is 0 Å². The summed E-state index contributed by atoms with van der Waals surface area (Å²) in [5.41, 5.74) is 2.47. The molecule has 1 aromatic carbocycles. The molecule has 0 saturated heterocycles. The van der Waals surface area contributed by atoms with Gasteiger partial charge in [-0.15, -0.1) is 11.3 Å². The van der Waals surface area contributed by atoms with Gasteiger partial charge in [0, 0.05) is 15.6 Å². The Balaban J connectivity index is 2.92. The van der Waals surface area contributed by atoms with Gasteiger partial charge < -0.3 is 5.11 Å². The molecule has 1 heterocycles. The zero-order chi connectivity index (χ0) is 13.4. The van der Waals surface area contributed by atoms with Crippen LogP contribution in [-0.4, -0.2) is 16.9 Å². The van der Waals surface area contributed by atoms with Crippen LogP contribution >= 0.6 is 11.3 Å². The molecule has 0 unspecified atom stereocenters. The summed E-state index contributed by atoms with van der Waals surface area (Å²) in [6, 6.07) is 3.72. The predicted octanol–water partition coefficient (Wildman–Crippen LogP) is 3.67. The van der Waals surface area contributed by atoms with Gasteiger partial charge in [0.1, 0.15) is 4.88 Å². The van der Waals surface area contributed by atoms with Crippen LogP contribution in [-0.2, 0) is 6.42 Å². The molecule has 2 rings (SSSR count). The maximum Gasteiger partial charge on any atom is 0.346 e. The number of hydrogen-bond acceptors (Lipinski definition) is 3. The molecule has 0 aliphatic rings. The summed E-state index contributed by atoms with van der Waals surface area (Å²) in [5, 5.41) is 10.1. The van der Waals surface area contributed by atoms with E-state index >= 15 is 0 Å². The van der Waals surface area contributed by atoms with Gasteiger partial charge in [0.25, 0.3) is 0 Å². The fourth-order valence-corrected chi connectivity index (χ4v) is 3.46. The number of fused-ring (bicyclic) bond motifs is 1. The highest BCUT2D eigenvalue weighted by molar-refractivity contribution is 7.21. The molecular weight excluding hydrogens is 248 g/mol. The van der Waals surface area contributed by atoms with Gasteiger partial charge in [-0.05, 0) is 37.5 Å². The molecule has 0 fully saturated rings. The maximum absolute atomic E-state index is 11.6. The first-order chi connectivity index (χ1) is 8.47. The maximum atomic E-state index is 11.6. The Morgan fingerprint density at radius 1 is 1.33 bits per heavy atom. The minimum absolute atomic E-state index is 0.0270. The largest absolute Gasteiger partial charge is 0.477 e. The Morgan fingerprint density at radius 2 is 2.00 bits per heavy atom. The summed E-state index contributed by atoms with van der Waals surface area (Å²) in [7, 11) is 0. The third kappa shape index (κ3) is 1.82. The molecule has 2 aromatic rings. The van der Waals surface area contributed by atoms with Crippen molar-refractivity contribution in [1.29, 1.82) is 0 Å². The molecule has 0 spiro atoms. The normalized spacial score (nSPS) is 10.8. The standard InChI is InChI=1S/C14H14O3S/c1-4-9-5-6-10(8(3)15)13-11(9)7(2)12(18-13)14(16)17/h5-6H,4H2,1-3H3,(H,16,17). The Morgan fingerprint density at radius 3 is 2.50 bits per heavy atom. The number of carbonyl (C=O) groups is 2. The average molecular weight is 262 g/mol. The van der Waals surface area contributed by atoms with Gasteiger partial charge in [-0.2, -0.15) is 0 Å². The molecule has 0 aliphatic carbocycles. The molecule has 0 saturated carbocycles. The Hall–Kier alpha value is -1.68. The van der Waals surface area contributed by atoms with E-state index in [2.05, 4.69) is 0 Å². The molecule has 3 nitrogen and oxygen atoms in total. The van der Waals surface area contributed by atoms with Crippen molar-refractivity contribution in [2.24, 2.45) is 0 Å². The lowest BCUT2D eigenvalue weighted by molar-refractivity contribution is 0.0701. The number of ketones is 1. The Bertz CT molecular complexity index is 653. The van der Waals surface area contributed by atoms with Gasteiger partial charge >= 0.3 is 5.97 Å². The van der Waals surface area contributed by atoms with Crippen molar-refractivity contribution in [2.45, 2.75) is 27.2 Å². The molecule has 1 N–H and O–H groups in total. The van der Waals surface area contributed by atoms with Crippen LogP contribution in [0, 0.1) is 6.92 Å². The van der Waals surface area contributed by atoms with E-state index in [9.17, 15) is 14.7 Å². The van der Waals surface area contributed by atoms with Gasteiger partial charge in [0.15, 0.2) is 5.78 Å². The third-order valence-electron chi connectivity index (χ3n) is 3.12. The lowest BCUT2D eigenvalue weighted by atomic mass is 9.99. The Labute approximate surface area is 109 Å². The van der Waals surface area contributed by atoms with Crippen LogP contribution in [0.5, 0.6) is 0 Å². The fourth-order valence-electron chi connectivity index (χ4n) is 2.21. The summed E-state index contributed by atoms with van der Waals surface area (Å²) in [6.45, 7) is 5.35. The SMILES string of the molecule is CCc1ccc(C(C)=O)c2sc(C(=O)O)c(C)c12. The summed E-state index contributed by atoms with van der Waals surface area (Å²) < 4.78 is 0.803. The van der Waals surface area contributed by atoms with E-state index in [1.54, 1.807) is 6.07 Å². The van der Waals surface area contributed by atoms with Gasteiger partial charge in [-0.25, -0.2) is 4.79 Å².